The van der Waals surface area contributed by atoms with Crippen LogP contribution in [0.2, 0.25) is 0 Å². The number of halogens is 1. The smallest absolute Gasteiger partial charge is 0.198 e. The van der Waals surface area contributed by atoms with E-state index in [-0.39, 0.29) is 11.9 Å². The highest BCUT2D eigenvalue weighted by atomic mass is 32.2. The summed E-state index contributed by atoms with van der Waals surface area (Å²) in [6, 6.07) is 3.21. The first-order valence-corrected chi connectivity index (χ1v) is 11.0. The number of piperidine rings is 1. The van der Waals surface area contributed by atoms with Gasteiger partial charge in [-0.2, -0.15) is 0 Å². The van der Waals surface area contributed by atoms with Crippen LogP contribution >= 0.6 is 23.1 Å². The Labute approximate surface area is 174 Å². The summed E-state index contributed by atoms with van der Waals surface area (Å²) in [6.45, 7) is 1.61. The standard InChI is InChI=1S/C18H19FN8S2/c1-21-12-7-9(19)6-11-13-15(23-14(11)12)24-17(29-18-26-22-8-28-18)25-16(13)27-4-2-10(20)3-5-27/h6-8,10,21H,2-5,20H2,1H3,(H,23,24,25). The van der Waals surface area contributed by atoms with Gasteiger partial charge in [-0.25, -0.2) is 14.4 Å². The minimum atomic E-state index is -0.304. The molecular weight excluding hydrogens is 411 g/mol. The predicted octanol–water partition coefficient (Wildman–Crippen LogP) is 3.22. The average molecular weight is 431 g/mol. The van der Waals surface area contributed by atoms with E-state index in [9.17, 15) is 4.39 Å². The van der Waals surface area contributed by atoms with Crippen LogP contribution in [-0.4, -0.2) is 51.3 Å². The second-order valence-corrected chi connectivity index (χ2v) is 8.98. The Morgan fingerprint density at radius 2 is 2.14 bits per heavy atom. The summed E-state index contributed by atoms with van der Waals surface area (Å²) in [6.07, 6.45) is 1.78. The molecule has 0 bridgehead atoms. The highest BCUT2D eigenvalue weighted by molar-refractivity contribution is 8.00. The molecule has 0 unspecified atom stereocenters. The van der Waals surface area contributed by atoms with E-state index in [0.29, 0.717) is 16.5 Å². The summed E-state index contributed by atoms with van der Waals surface area (Å²) in [7, 11) is 1.77. The highest BCUT2D eigenvalue weighted by Gasteiger charge is 2.24. The quantitative estimate of drug-likeness (QED) is 0.424. The van der Waals surface area contributed by atoms with Crippen molar-refractivity contribution in [2.24, 2.45) is 5.73 Å². The molecule has 1 aromatic carbocycles. The Morgan fingerprint density at radius 3 is 2.86 bits per heavy atom. The van der Waals surface area contributed by atoms with Gasteiger partial charge in [-0.05, 0) is 36.7 Å². The van der Waals surface area contributed by atoms with Crippen molar-refractivity contribution in [2.75, 3.05) is 30.4 Å². The largest absolute Gasteiger partial charge is 0.386 e. The van der Waals surface area contributed by atoms with E-state index in [2.05, 4.69) is 25.4 Å². The topological polar surface area (TPSA) is 109 Å². The van der Waals surface area contributed by atoms with Gasteiger partial charge < -0.3 is 20.9 Å². The number of aromatic amines is 1. The van der Waals surface area contributed by atoms with Crippen molar-refractivity contribution in [3.05, 3.63) is 23.5 Å². The fraction of sp³-hybridized carbons (Fsp3) is 0.333. The fourth-order valence-corrected chi connectivity index (χ4v) is 5.03. The van der Waals surface area contributed by atoms with Crippen molar-refractivity contribution in [3.63, 3.8) is 0 Å². The maximum Gasteiger partial charge on any atom is 0.198 e. The summed E-state index contributed by atoms with van der Waals surface area (Å²) in [4.78, 5) is 15.1. The summed E-state index contributed by atoms with van der Waals surface area (Å²) >= 11 is 2.81. The van der Waals surface area contributed by atoms with Crippen molar-refractivity contribution >= 4 is 56.5 Å². The Morgan fingerprint density at radius 1 is 1.31 bits per heavy atom. The number of hydrogen-bond donors (Lipinski definition) is 3. The molecule has 0 amide bonds. The molecule has 0 aliphatic carbocycles. The van der Waals surface area contributed by atoms with Crippen LogP contribution in [0.4, 0.5) is 15.9 Å². The van der Waals surface area contributed by atoms with Crippen LogP contribution in [0.3, 0.4) is 0 Å². The number of nitrogens with zero attached hydrogens (tertiary/aromatic N) is 5. The van der Waals surface area contributed by atoms with Crippen LogP contribution in [0.25, 0.3) is 21.9 Å². The Bertz CT molecular complexity index is 1170. The normalized spacial score (nSPS) is 15.5. The molecule has 1 aliphatic heterocycles. The maximum absolute atomic E-state index is 14.3. The van der Waals surface area contributed by atoms with E-state index >= 15 is 0 Å². The molecule has 0 saturated carbocycles. The van der Waals surface area contributed by atoms with E-state index < -0.39 is 0 Å². The third-order valence-electron chi connectivity index (χ3n) is 5.11. The minimum Gasteiger partial charge on any atom is -0.386 e. The average Bonchev–Trinajstić information content (AvgIpc) is 3.35. The minimum absolute atomic E-state index is 0.204. The van der Waals surface area contributed by atoms with Gasteiger partial charge in [0.05, 0.1) is 16.6 Å². The summed E-state index contributed by atoms with van der Waals surface area (Å²) < 4.78 is 15.1. The van der Waals surface area contributed by atoms with Gasteiger partial charge in [0.15, 0.2) is 9.50 Å². The van der Waals surface area contributed by atoms with Gasteiger partial charge in [0.1, 0.15) is 22.8 Å². The molecule has 1 fully saturated rings. The molecule has 150 valence electrons. The van der Waals surface area contributed by atoms with E-state index in [1.165, 1.54) is 35.2 Å². The lowest BCUT2D eigenvalue weighted by molar-refractivity contribution is 0.498. The molecule has 29 heavy (non-hydrogen) atoms. The third-order valence-corrected chi connectivity index (χ3v) is 6.76. The molecule has 1 aliphatic rings. The molecule has 1 saturated heterocycles. The molecule has 0 radical (unpaired) electrons. The second kappa shape index (κ2) is 7.39. The molecule has 5 rings (SSSR count). The van der Waals surface area contributed by atoms with Crippen LogP contribution in [-0.2, 0) is 0 Å². The van der Waals surface area contributed by atoms with Crippen LogP contribution in [0.5, 0.6) is 0 Å². The van der Waals surface area contributed by atoms with Crippen LogP contribution in [0, 0.1) is 5.82 Å². The van der Waals surface area contributed by atoms with Crippen molar-refractivity contribution in [1.29, 1.82) is 0 Å². The molecule has 0 spiro atoms. The number of nitrogens with two attached hydrogens (primary N) is 1. The number of aromatic nitrogens is 5. The summed E-state index contributed by atoms with van der Waals surface area (Å²) in [5.74, 6) is 0.495. The second-order valence-electron chi connectivity index (χ2n) is 6.94. The number of fused-ring (bicyclic) bond motifs is 3. The monoisotopic (exact) mass is 430 g/mol. The van der Waals surface area contributed by atoms with E-state index in [0.717, 1.165) is 52.4 Å². The zero-order valence-corrected chi connectivity index (χ0v) is 17.3. The molecule has 4 aromatic rings. The summed E-state index contributed by atoms with van der Waals surface area (Å²) in [5, 5.41) is 13.2. The molecular formula is C18H19FN8S2. The number of hydrogen-bond acceptors (Lipinski definition) is 9. The SMILES string of the molecule is CNc1cc(F)cc2c1[nH]c1nc(Sc3nncs3)nc(N3CCC(N)CC3)c12. The number of anilines is 2. The lowest BCUT2D eigenvalue weighted by atomic mass is 10.1. The van der Waals surface area contributed by atoms with Crippen LogP contribution < -0.4 is 16.0 Å². The van der Waals surface area contributed by atoms with Gasteiger partial charge in [0.2, 0.25) is 0 Å². The van der Waals surface area contributed by atoms with Crippen molar-refractivity contribution in [3.8, 4) is 0 Å². The van der Waals surface area contributed by atoms with Gasteiger partial charge in [0.25, 0.3) is 0 Å². The first-order valence-electron chi connectivity index (χ1n) is 9.27. The van der Waals surface area contributed by atoms with Gasteiger partial charge in [0, 0.05) is 31.6 Å². The van der Waals surface area contributed by atoms with E-state index in [4.69, 9.17) is 15.7 Å². The van der Waals surface area contributed by atoms with Gasteiger partial charge in [-0.1, -0.05) is 11.3 Å². The van der Waals surface area contributed by atoms with Crippen molar-refractivity contribution < 1.29 is 4.39 Å². The highest BCUT2D eigenvalue weighted by Crippen LogP contribution is 2.38. The summed E-state index contributed by atoms with van der Waals surface area (Å²) in [5.41, 5.74) is 9.94. The van der Waals surface area contributed by atoms with Crippen molar-refractivity contribution in [2.45, 2.75) is 28.4 Å². The number of benzene rings is 1. The molecule has 4 N–H and O–H groups in total. The lowest BCUT2D eigenvalue weighted by Crippen LogP contribution is -2.40. The third kappa shape index (κ3) is 3.38. The number of nitrogens with one attached hydrogen (secondary N) is 2. The van der Waals surface area contributed by atoms with E-state index in [1.807, 2.05) is 0 Å². The molecule has 11 heteroatoms. The fourth-order valence-electron chi connectivity index (χ4n) is 3.69. The zero-order chi connectivity index (χ0) is 20.0. The number of rotatable bonds is 4. The van der Waals surface area contributed by atoms with Gasteiger partial charge in [-0.15, -0.1) is 10.2 Å². The first-order chi connectivity index (χ1) is 14.1. The van der Waals surface area contributed by atoms with Crippen molar-refractivity contribution in [1.82, 2.24) is 25.1 Å². The zero-order valence-electron chi connectivity index (χ0n) is 15.6. The van der Waals surface area contributed by atoms with Crippen LogP contribution in [0.1, 0.15) is 12.8 Å². The molecule has 4 heterocycles. The Balaban J connectivity index is 1.72. The molecule has 8 nitrogen and oxygen atoms in total. The maximum atomic E-state index is 14.3. The van der Waals surface area contributed by atoms with Gasteiger partial charge >= 0.3 is 0 Å². The Hall–Kier alpha value is -2.50. The predicted molar refractivity (Wildman–Crippen MR) is 114 cm³/mol. The lowest BCUT2D eigenvalue weighted by Gasteiger charge is -2.31. The Kier molecular flexibility index (Phi) is 4.72. The molecule has 0 atom stereocenters. The van der Waals surface area contributed by atoms with Gasteiger partial charge in [-0.3, -0.25) is 0 Å². The van der Waals surface area contributed by atoms with E-state index in [1.54, 1.807) is 12.6 Å². The molecule has 3 aromatic heterocycles. The number of H-pyrrole nitrogens is 1. The van der Waals surface area contributed by atoms with Crippen LogP contribution in [0.15, 0.2) is 27.1 Å². The first kappa shape index (κ1) is 18.5.